The molecule has 0 amide bonds. The van der Waals surface area contributed by atoms with Gasteiger partial charge in [-0.05, 0) is 25.7 Å². The van der Waals surface area contributed by atoms with E-state index in [4.69, 9.17) is 0 Å². The highest BCUT2D eigenvalue weighted by Crippen LogP contribution is 2.40. The second-order valence-electron chi connectivity index (χ2n) is 5.12. The van der Waals surface area contributed by atoms with Crippen molar-refractivity contribution >= 4 is 11.0 Å². The van der Waals surface area contributed by atoms with Gasteiger partial charge < -0.3 is 15.2 Å². The lowest BCUT2D eigenvalue weighted by molar-refractivity contribution is 0.152. The monoisotopic (exact) mass is 247 g/mol. The summed E-state index contributed by atoms with van der Waals surface area (Å²) in [5.41, 5.74) is 3.79. The summed E-state index contributed by atoms with van der Waals surface area (Å²) in [5, 5.41) is 19.3. The number of aromatic nitrogens is 3. The lowest BCUT2D eigenvalue weighted by Crippen LogP contribution is -2.10. The van der Waals surface area contributed by atoms with Crippen molar-refractivity contribution in [2.75, 3.05) is 6.61 Å². The minimum Gasteiger partial charge on any atom is -0.396 e. The highest BCUT2D eigenvalue weighted by Gasteiger charge is 2.35. The molecule has 0 spiro atoms. The number of hydrogen-bond acceptors (Lipinski definition) is 4. The van der Waals surface area contributed by atoms with Crippen LogP contribution in [-0.2, 0) is 0 Å². The third-order valence-corrected chi connectivity index (χ3v) is 3.97. The average Bonchev–Trinajstić information content (AvgIpc) is 2.93. The number of nitrogens with one attached hydrogen (secondary N) is 1. The summed E-state index contributed by atoms with van der Waals surface area (Å²) in [5.74, 6) is 0.253. The zero-order chi connectivity index (χ0) is 12.7. The van der Waals surface area contributed by atoms with E-state index >= 15 is 0 Å². The molecule has 0 radical (unpaired) electrons. The summed E-state index contributed by atoms with van der Waals surface area (Å²) in [7, 11) is 0. The molecule has 2 aromatic rings. The molecule has 5 nitrogen and oxygen atoms in total. The van der Waals surface area contributed by atoms with Crippen LogP contribution in [0.1, 0.15) is 30.0 Å². The molecule has 2 heterocycles. The van der Waals surface area contributed by atoms with Gasteiger partial charge in [0.25, 0.3) is 0 Å². The van der Waals surface area contributed by atoms with E-state index in [0.29, 0.717) is 6.42 Å². The molecule has 0 saturated heterocycles. The molecule has 0 unspecified atom stereocenters. The Morgan fingerprint density at radius 2 is 2.22 bits per heavy atom. The van der Waals surface area contributed by atoms with E-state index in [1.807, 2.05) is 13.1 Å². The van der Waals surface area contributed by atoms with Gasteiger partial charge in [-0.25, -0.2) is 9.97 Å². The highest BCUT2D eigenvalue weighted by atomic mass is 16.3. The third-order valence-electron chi connectivity index (χ3n) is 3.97. The maximum Gasteiger partial charge on any atom is 0.116 e. The minimum absolute atomic E-state index is 0.0604. The molecule has 5 heteroatoms. The highest BCUT2D eigenvalue weighted by molar-refractivity contribution is 5.81. The molecule has 0 bridgehead atoms. The van der Waals surface area contributed by atoms with Crippen molar-refractivity contribution < 1.29 is 10.2 Å². The molecule has 3 rings (SSSR count). The van der Waals surface area contributed by atoms with Gasteiger partial charge in [0.15, 0.2) is 0 Å². The van der Waals surface area contributed by atoms with Crippen LogP contribution in [0.5, 0.6) is 0 Å². The molecule has 0 aromatic carbocycles. The zero-order valence-electron chi connectivity index (χ0n) is 10.3. The van der Waals surface area contributed by atoms with Crippen LogP contribution in [0.25, 0.3) is 11.0 Å². The van der Waals surface area contributed by atoms with Crippen molar-refractivity contribution in [3.8, 4) is 0 Å². The minimum atomic E-state index is -0.392. The van der Waals surface area contributed by atoms with Crippen molar-refractivity contribution in [1.82, 2.24) is 15.0 Å². The second-order valence-corrected chi connectivity index (χ2v) is 5.12. The molecule has 1 saturated carbocycles. The maximum absolute atomic E-state index is 10.1. The summed E-state index contributed by atoms with van der Waals surface area (Å²) >= 11 is 0. The van der Waals surface area contributed by atoms with Gasteiger partial charge in [0.1, 0.15) is 6.33 Å². The van der Waals surface area contributed by atoms with Gasteiger partial charge in [0, 0.05) is 24.3 Å². The number of rotatable bonds is 2. The van der Waals surface area contributed by atoms with Gasteiger partial charge in [-0.15, -0.1) is 0 Å². The van der Waals surface area contributed by atoms with Crippen LogP contribution in [0, 0.1) is 12.8 Å². The smallest absolute Gasteiger partial charge is 0.116 e. The number of aliphatic hydroxyl groups excluding tert-OH is 2. The molecule has 2 aromatic heterocycles. The molecule has 3 atom stereocenters. The first-order valence-electron chi connectivity index (χ1n) is 6.28. The van der Waals surface area contributed by atoms with Crippen LogP contribution in [0.3, 0.4) is 0 Å². The Morgan fingerprint density at radius 1 is 1.39 bits per heavy atom. The second kappa shape index (κ2) is 4.33. The number of aryl methyl sites for hydroxylation is 1. The molecule has 1 fully saturated rings. The fourth-order valence-electron chi connectivity index (χ4n) is 2.97. The fourth-order valence-corrected chi connectivity index (χ4v) is 2.97. The van der Waals surface area contributed by atoms with E-state index in [2.05, 4.69) is 15.0 Å². The Balaban J connectivity index is 2.02. The predicted octanol–water partition coefficient (Wildman–Crippen LogP) is 1.11. The largest absolute Gasteiger partial charge is 0.396 e. The first-order valence-corrected chi connectivity index (χ1v) is 6.28. The molecular formula is C13H17N3O2. The number of aromatic amines is 1. The molecule has 18 heavy (non-hydrogen) atoms. The number of fused-ring (bicyclic) bond motifs is 1. The normalized spacial score (nSPS) is 28.1. The van der Waals surface area contributed by atoms with Crippen molar-refractivity contribution in [3.05, 3.63) is 23.8 Å². The Hall–Kier alpha value is -1.46. The van der Waals surface area contributed by atoms with Crippen LogP contribution in [0.15, 0.2) is 12.5 Å². The first kappa shape index (κ1) is 11.6. The topological polar surface area (TPSA) is 82.0 Å². The summed E-state index contributed by atoms with van der Waals surface area (Å²) in [6.07, 6.45) is 4.56. The predicted molar refractivity (Wildman–Crippen MR) is 67.2 cm³/mol. The van der Waals surface area contributed by atoms with Gasteiger partial charge in [0.2, 0.25) is 0 Å². The number of aliphatic hydroxyl groups is 2. The van der Waals surface area contributed by atoms with E-state index in [1.54, 1.807) is 6.33 Å². The molecular weight excluding hydrogens is 230 g/mol. The van der Waals surface area contributed by atoms with Crippen LogP contribution in [-0.4, -0.2) is 37.9 Å². The summed E-state index contributed by atoms with van der Waals surface area (Å²) in [6.45, 7) is 2.08. The molecule has 96 valence electrons. The standard InChI is InChI=1S/C13H17N3O2/c1-7-12-13(16-6-15-7)10(4-14-12)9-2-8(5-17)3-11(9)18/h4,6,8-9,11,14,17-18H,2-3,5H2,1H3/t8-,9-,11+/m0/s1. The van der Waals surface area contributed by atoms with Crippen molar-refractivity contribution in [2.24, 2.45) is 5.92 Å². The van der Waals surface area contributed by atoms with Crippen LogP contribution in [0.2, 0.25) is 0 Å². The van der Waals surface area contributed by atoms with Crippen LogP contribution in [0.4, 0.5) is 0 Å². The Kier molecular flexibility index (Phi) is 2.80. The van der Waals surface area contributed by atoms with E-state index in [9.17, 15) is 10.2 Å². The summed E-state index contributed by atoms with van der Waals surface area (Å²) in [6, 6.07) is 0. The number of nitrogens with zero attached hydrogens (tertiary/aromatic N) is 2. The fraction of sp³-hybridized carbons (Fsp3) is 0.538. The van der Waals surface area contributed by atoms with E-state index in [1.165, 1.54) is 0 Å². The molecule has 1 aliphatic rings. The van der Waals surface area contributed by atoms with E-state index in [0.717, 1.165) is 28.7 Å². The van der Waals surface area contributed by atoms with Gasteiger partial charge in [-0.3, -0.25) is 0 Å². The van der Waals surface area contributed by atoms with Crippen molar-refractivity contribution in [3.63, 3.8) is 0 Å². The Morgan fingerprint density at radius 3 is 2.94 bits per heavy atom. The van der Waals surface area contributed by atoms with Gasteiger partial charge in [-0.2, -0.15) is 0 Å². The van der Waals surface area contributed by atoms with E-state index in [-0.39, 0.29) is 18.4 Å². The Labute approximate surface area is 105 Å². The number of hydrogen-bond donors (Lipinski definition) is 3. The SMILES string of the molecule is Cc1ncnc2c([C@@H]3C[C@H](CO)C[C@H]3O)c[nH]c12. The van der Waals surface area contributed by atoms with Crippen molar-refractivity contribution in [1.29, 1.82) is 0 Å². The van der Waals surface area contributed by atoms with E-state index < -0.39 is 6.10 Å². The average molecular weight is 247 g/mol. The zero-order valence-corrected chi connectivity index (χ0v) is 10.3. The lowest BCUT2D eigenvalue weighted by atomic mass is 9.96. The summed E-state index contributed by atoms with van der Waals surface area (Å²) < 4.78 is 0. The maximum atomic E-state index is 10.1. The van der Waals surface area contributed by atoms with Crippen LogP contribution < -0.4 is 0 Å². The quantitative estimate of drug-likeness (QED) is 0.742. The molecule has 3 N–H and O–H groups in total. The Bertz CT molecular complexity index is 566. The van der Waals surface area contributed by atoms with Crippen LogP contribution >= 0.6 is 0 Å². The summed E-state index contributed by atoms with van der Waals surface area (Å²) in [4.78, 5) is 11.7. The van der Waals surface area contributed by atoms with Gasteiger partial charge in [-0.1, -0.05) is 0 Å². The first-order chi connectivity index (χ1) is 8.70. The molecule has 0 aliphatic heterocycles. The molecule has 1 aliphatic carbocycles. The van der Waals surface area contributed by atoms with Gasteiger partial charge >= 0.3 is 0 Å². The number of H-pyrrole nitrogens is 1. The van der Waals surface area contributed by atoms with Gasteiger partial charge in [0.05, 0.1) is 22.8 Å². The third kappa shape index (κ3) is 1.71. The lowest BCUT2D eigenvalue weighted by Gasteiger charge is -2.12. The van der Waals surface area contributed by atoms with Crippen molar-refractivity contribution in [2.45, 2.75) is 31.8 Å².